The number of piperazine rings is 1. The molecule has 2 aliphatic rings. The Hall–Kier alpha value is -0.120. The molecule has 0 radical (unpaired) electrons. The zero-order chi connectivity index (χ0) is 9.97. The molecule has 14 heavy (non-hydrogen) atoms. The van der Waals surface area contributed by atoms with E-state index in [9.17, 15) is 0 Å². The average Bonchev–Trinajstić information content (AvgIpc) is 2.21. The van der Waals surface area contributed by atoms with Crippen LogP contribution in [0.3, 0.4) is 0 Å². The third kappa shape index (κ3) is 2.47. The SMILES string of the molecule is CC1CCC(N2CCN(C)CC2)CN1. The zero-order valence-electron chi connectivity index (χ0n) is 9.50. The van der Waals surface area contributed by atoms with E-state index in [-0.39, 0.29) is 0 Å². The maximum absolute atomic E-state index is 3.59. The van der Waals surface area contributed by atoms with Crippen LogP contribution in [-0.4, -0.2) is 61.7 Å². The summed E-state index contributed by atoms with van der Waals surface area (Å²) in [4.78, 5) is 5.09. The molecule has 0 saturated carbocycles. The van der Waals surface area contributed by atoms with Gasteiger partial charge in [-0.25, -0.2) is 0 Å². The Morgan fingerprint density at radius 3 is 2.36 bits per heavy atom. The van der Waals surface area contributed by atoms with Gasteiger partial charge in [0.1, 0.15) is 0 Å². The summed E-state index contributed by atoms with van der Waals surface area (Å²) in [5.74, 6) is 0. The number of nitrogens with one attached hydrogen (secondary N) is 1. The fourth-order valence-corrected chi connectivity index (χ4v) is 2.48. The highest BCUT2D eigenvalue weighted by Crippen LogP contribution is 2.15. The summed E-state index contributed by atoms with van der Waals surface area (Å²) in [5, 5.41) is 3.59. The van der Waals surface area contributed by atoms with Crippen molar-refractivity contribution in [2.24, 2.45) is 0 Å². The highest BCUT2D eigenvalue weighted by molar-refractivity contribution is 4.84. The first-order valence-corrected chi connectivity index (χ1v) is 5.91. The summed E-state index contributed by atoms with van der Waals surface area (Å²) in [6, 6.07) is 1.54. The lowest BCUT2D eigenvalue weighted by molar-refractivity contribution is 0.0918. The van der Waals surface area contributed by atoms with Gasteiger partial charge in [-0.3, -0.25) is 4.90 Å². The minimum Gasteiger partial charge on any atom is -0.313 e. The standard InChI is InChI=1S/C11H23N3/c1-10-3-4-11(9-12-10)14-7-5-13(2)6-8-14/h10-12H,3-9H2,1-2H3. The van der Waals surface area contributed by atoms with Gasteiger partial charge in [-0.2, -0.15) is 0 Å². The van der Waals surface area contributed by atoms with Gasteiger partial charge in [-0.15, -0.1) is 0 Å². The van der Waals surface area contributed by atoms with E-state index in [1.807, 2.05) is 0 Å². The minimum absolute atomic E-state index is 0.735. The highest BCUT2D eigenvalue weighted by Gasteiger charge is 2.25. The molecule has 2 aliphatic heterocycles. The number of hydrogen-bond donors (Lipinski definition) is 1. The van der Waals surface area contributed by atoms with Crippen molar-refractivity contribution >= 4 is 0 Å². The molecule has 0 amide bonds. The molecule has 3 nitrogen and oxygen atoms in total. The predicted molar refractivity (Wildman–Crippen MR) is 59.6 cm³/mol. The van der Waals surface area contributed by atoms with E-state index in [1.165, 1.54) is 45.6 Å². The summed E-state index contributed by atoms with van der Waals surface area (Å²) in [5.41, 5.74) is 0. The summed E-state index contributed by atoms with van der Waals surface area (Å²) >= 11 is 0. The van der Waals surface area contributed by atoms with Crippen LogP contribution in [0.1, 0.15) is 19.8 Å². The fourth-order valence-electron chi connectivity index (χ4n) is 2.48. The first-order valence-electron chi connectivity index (χ1n) is 5.91. The van der Waals surface area contributed by atoms with Gasteiger partial charge in [-0.05, 0) is 26.8 Å². The molecule has 0 spiro atoms. The Kier molecular flexibility index (Phi) is 3.42. The van der Waals surface area contributed by atoms with Crippen molar-refractivity contribution in [3.8, 4) is 0 Å². The molecule has 2 rings (SSSR count). The van der Waals surface area contributed by atoms with Gasteiger partial charge in [0, 0.05) is 44.8 Å². The van der Waals surface area contributed by atoms with Gasteiger partial charge in [0.2, 0.25) is 0 Å². The molecule has 0 bridgehead atoms. The van der Waals surface area contributed by atoms with E-state index in [4.69, 9.17) is 0 Å². The van der Waals surface area contributed by atoms with Crippen LogP contribution in [0.2, 0.25) is 0 Å². The quantitative estimate of drug-likeness (QED) is 0.655. The lowest BCUT2D eigenvalue weighted by Gasteiger charge is -2.41. The third-order valence-corrected chi connectivity index (χ3v) is 3.69. The average molecular weight is 197 g/mol. The number of likely N-dealkylation sites (N-methyl/N-ethyl adjacent to an activating group) is 1. The molecule has 0 aromatic carbocycles. The molecule has 82 valence electrons. The first-order chi connectivity index (χ1) is 6.75. The normalized spacial score (nSPS) is 37.3. The summed E-state index contributed by atoms with van der Waals surface area (Å²) < 4.78 is 0. The molecular weight excluding hydrogens is 174 g/mol. The molecule has 3 heteroatoms. The second-order valence-electron chi connectivity index (χ2n) is 4.88. The summed E-state index contributed by atoms with van der Waals surface area (Å²) in [6.07, 6.45) is 2.73. The maximum atomic E-state index is 3.59. The molecule has 2 saturated heterocycles. The van der Waals surface area contributed by atoms with Crippen LogP contribution in [0.15, 0.2) is 0 Å². The van der Waals surface area contributed by atoms with Crippen molar-refractivity contribution < 1.29 is 0 Å². The van der Waals surface area contributed by atoms with Crippen LogP contribution in [0.5, 0.6) is 0 Å². The molecular formula is C11H23N3. The Labute approximate surface area is 87.4 Å². The molecule has 1 N–H and O–H groups in total. The predicted octanol–water partition coefficient (Wildman–Crippen LogP) is 0.374. The lowest BCUT2D eigenvalue weighted by Crippen LogP contribution is -2.54. The maximum Gasteiger partial charge on any atom is 0.0222 e. The van der Waals surface area contributed by atoms with E-state index in [2.05, 4.69) is 29.1 Å². The van der Waals surface area contributed by atoms with Gasteiger partial charge >= 0.3 is 0 Å². The number of piperidine rings is 1. The first kappa shape index (κ1) is 10.4. The number of rotatable bonds is 1. The number of nitrogens with zero attached hydrogens (tertiary/aromatic N) is 2. The van der Waals surface area contributed by atoms with Crippen LogP contribution < -0.4 is 5.32 Å². The lowest BCUT2D eigenvalue weighted by atomic mass is 10.00. The van der Waals surface area contributed by atoms with E-state index in [0.717, 1.165) is 12.1 Å². The van der Waals surface area contributed by atoms with Gasteiger partial charge < -0.3 is 10.2 Å². The number of hydrogen-bond acceptors (Lipinski definition) is 3. The molecule has 0 aromatic rings. The Morgan fingerprint density at radius 2 is 1.79 bits per heavy atom. The second kappa shape index (κ2) is 4.60. The van der Waals surface area contributed by atoms with E-state index < -0.39 is 0 Å². The summed E-state index contributed by atoms with van der Waals surface area (Å²) in [7, 11) is 2.22. The molecule has 2 atom stereocenters. The van der Waals surface area contributed by atoms with Gasteiger partial charge in [0.15, 0.2) is 0 Å². The fraction of sp³-hybridized carbons (Fsp3) is 1.00. The smallest absolute Gasteiger partial charge is 0.0222 e. The van der Waals surface area contributed by atoms with Gasteiger partial charge in [0.05, 0.1) is 0 Å². The minimum atomic E-state index is 0.735. The molecule has 0 aliphatic carbocycles. The van der Waals surface area contributed by atoms with Crippen molar-refractivity contribution in [2.75, 3.05) is 39.8 Å². The van der Waals surface area contributed by atoms with Gasteiger partial charge in [0.25, 0.3) is 0 Å². The van der Waals surface area contributed by atoms with Crippen molar-refractivity contribution in [3.05, 3.63) is 0 Å². The second-order valence-corrected chi connectivity index (χ2v) is 4.88. The van der Waals surface area contributed by atoms with Crippen molar-refractivity contribution in [2.45, 2.75) is 31.8 Å². The van der Waals surface area contributed by atoms with E-state index in [0.29, 0.717) is 0 Å². The highest BCUT2D eigenvalue weighted by atomic mass is 15.3. The molecule has 2 heterocycles. The summed E-state index contributed by atoms with van der Waals surface area (Å²) in [6.45, 7) is 8.50. The topological polar surface area (TPSA) is 18.5 Å². The zero-order valence-corrected chi connectivity index (χ0v) is 9.50. The van der Waals surface area contributed by atoms with Crippen molar-refractivity contribution in [1.29, 1.82) is 0 Å². The third-order valence-electron chi connectivity index (χ3n) is 3.69. The molecule has 2 unspecified atom stereocenters. The monoisotopic (exact) mass is 197 g/mol. The van der Waals surface area contributed by atoms with Crippen LogP contribution in [0.25, 0.3) is 0 Å². The largest absolute Gasteiger partial charge is 0.313 e. The molecule has 2 fully saturated rings. The van der Waals surface area contributed by atoms with E-state index in [1.54, 1.807) is 0 Å². The van der Waals surface area contributed by atoms with Crippen molar-refractivity contribution in [1.82, 2.24) is 15.1 Å². The van der Waals surface area contributed by atoms with Crippen LogP contribution in [0, 0.1) is 0 Å². The Balaban J connectivity index is 1.78. The van der Waals surface area contributed by atoms with E-state index >= 15 is 0 Å². The van der Waals surface area contributed by atoms with Crippen LogP contribution in [0.4, 0.5) is 0 Å². The van der Waals surface area contributed by atoms with Gasteiger partial charge in [-0.1, -0.05) is 0 Å². The van der Waals surface area contributed by atoms with Crippen LogP contribution in [-0.2, 0) is 0 Å². The molecule has 0 aromatic heterocycles. The Bertz CT molecular complexity index is 147. The van der Waals surface area contributed by atoms with Crippen LogP contribution >= 0.6 is 0 Å². The Morgan fingerprint density at radius 1 is 1.07 bits per heavy atom. The van der Waals surface area contributed by atoms with Crippen molar-refractivity contribution in [3.63, 3.8) is 0 Å².